The Morgan fingerprint density at radius 2 is 1.70 bits per heavy atom. The predicted octanol–water partition coefficient (Wildman–Crippen LogP) is -0.991. The maximum absolute atomic E-state index is 13.0. The lowest BCUT2D eigenvalue weighted by molar-refractivity contribution is -0.144. The molecule has 1 aliphatic rings. The fourth-order valence-corrected chi connectivity index (χ4v) is 3.61. The molecular formula is C21H37N5O7. The molecule has 12 nitrogen and oxygen atoms in total. The highest BCUT2D eigenvalue weighted by Gasteiger charge is 2.38. The van der Waals surface area contributed by atoms with Crippen molar-refractivity contribution >= 4 is 29.7 Å². The minimum Gasteiger partial charge on any atom is -0.481 e. The number of nitrogens with two attached hydrogens (primary N) is 2. The van der Waals surface area contributed by atoms with E-state index in [9.17, 15) is 29.1 Å². The van der Waals surface area contributed by atoms with Gasteiger partial charge in [0.25, 0.3) is 0 Å². The van der Waals surface area contributed by atoms with Gasteiger partial charge in [0.2, 0.25) is 17.7 Å². The van der Waals surface area contributed by atoms with Crippen molar-refractivity contribution < 1.29 is 34.2 Å². The van der Waals surface area contributed by atoms with Crippen LogP contribution in [0.2, 0.25) is 0 Å². The smallest absolute Gasteiger partial charge is 0.326 e. The maximum atomic E-state index is 13.0. The van der Waals surface area contributed by atoms with E-state index in [0.29, 0.717) is 38.8 Å². The Hall–Kier alpha value is -2.73. The summed E-state index contributed by atoms with van der Waals surface area (Å²) in [6, 6.07) is -3.97. The van der Waals surface area contributed by atoms with Crippen molar-refractivity contribution in [2.45, 2.75) is 83.0 Å². The number of nitrogens with zero attached hydrogens (tertiary/aromatic N) is 1. The van der Waals surface area contributed by atoms with Crippen molar-refractivity contribution in [2.75, 3.05) is 13.1 Å². The second-order valence-electron chi connectivity index (χ2n) is 8.64. The van der Waals surface area contributed by atoms with Gasteiger partial charge in [-0.3, -0.25) is 19.2 Å². The maximum Gasteiger partial charge on any atom is 0.326 e. The van der Waals surface area contributed by atoms with E-state index in [1.807, 2.05) is 13.8 Å². The first-order valence-electron chi connectivity index (χ1n) is 11.3. The van der Waals surface area contributed by atoms with Crippen LogP contribution in [0.4, 0.5) is 0 Å². The number of aliphatic carboxylic acids is 2. The zero-order valence-corrected chi connectivity index (χ0v) is 19.3. The Morgan fingerprint density at radius 3 is 2.24 bits per heavy atom. The van der Waals surface area contributed by atoms with Crippen LogP contribution >= 0.6 is 0 Å². The van der Waals surface area contributed by atoms with Gasteiger partial charge in [0, 0.05) is 13.0 Å². The van der Waals surface area contributed by atoms with Crippen LogP contribution in [0, 0.1) is 5.92 Å². The molecule has 1 saturated heterocycles. The van der Waals surface area contributed by atoms with E-state index in [0.717, 1.165) is 0 Å². The average molecular weight is 472 g/mol. The molecule has 0 spiro atoms. The number of amides is 3. The first-order chi connectivity index (χ1) is 15.5. The Labute approximate surface area is 193 Å². The van der Waals surface area contributed by atoms with E-state index in [4.69, 9.17) is 16.6 Å². The molecule has 0 radical (unpaired) electrons. The molecule has 0 aliphatic carbocycles. The number of unbranched alkanes of at least 4 members (excludes halogenated alkanes) is 1. The van der Waals surface area contributed by atoms with E-state index in [1.165, 1.54) is 4.90 Å². The average Bonchev–Trinajstić information content (AvgIpc) is 3.24. The lowest BCUT2D eigenvalue weighted by atomic mass is 10.0. The fraction of sp³-hybridized carbons (Fsp3) is 0.762. The molecule has 0 bridgehead atoms. The van der Waals surface area contributed by atoms with Crippen molar-refractivity contribution in [3.05, 3.63) is 0 Å². The van der Waals surface area contributed by atoms with Gasteiger partial charge in [0.05, 0.1) is 6.04 Å². The summed E-state index contributed by atoms with van der Waals surface area (Å²) in [4.78, 5) is 62.1. The summed E-state index contributed by atoms with van der Waals surface area (Å²) in [5.41, 5.74) is 11.5. The van der Waals surface area contributed by atoms with Crippen LogP contribution in [0.3, 0.4) is 0 Å². The molecule has 3 amide bonds. The van der Waals surface area contributed by atoms with Gasteiger partial charge in [-0.05, 0) is 51.0 Å². The van der Waals surface area contributed by atoms with Gasteiger partial charge < -0.3 is 37.2 Å². The highest BCUT2D eigenvalue weighted by atomic mass is 16.4. The molecule has 0 aromatic rings. The first-order valence-corrected chi connectivity index (χ1v) is 11.3. The number of rotatable bonds is 14. The molecule has 1 aliphatic heterocycles. The van der Waals surface area contributed by atoms with Crippen molar-refractivity contribution in [3.8, 4) is 0 Å². The van der Waals surface area contributed by atoms with E-state index < -0.39 is 54.3 Å². The molecular weight excluding hydrogens is 434 g/mol. The quantitative estimate of drug-likeness (QED) is 0.172. The van der Waals surface area contributed by atoms with Crippen LogP contribution in [0.5, 0.6) is 0 Å². The van der Waals surface area contributed by atoms with Crippen LogP contribution in [-0.2, 0) is 24.0 Å². The van der Waals surface area contributed by atoms with Gasteiger partial charge in [-0.25, -0.2) is 4.79 Å². The summed E-state index contributed by atoms with van der Waals surface area (Å²) in [5, 5.41) is 23.1. The van der Waals surface area contributed by atoms with Crippen molar-refractivity contribution in [2.24, 2.45) is 17.4 Å². The van der Waals surface area contributed by atoms with Crippen LogP contribution in [0.1, 0.15) is 58.8 Å². The number of carbonyl (C=O) groups excluding carboxylic acids is 3. The van der Waals surface area contributed by atoms with Gasteiger partial charge in [0.1, 0.15) is 18.1 Å². The normalized spacial score (nSPS) is 18.5. The molecule has 33 heavy (non-hydrogen) atoms. The van der Waals surface area contributed by atoms with Crippen LogP contribution in [0.15, 0.2) is 0 Å². The number of nitrogens with one attached hydrogen (secondary N) is 2. The van der Waals surface area contributed by atoms with E-state index in [-0.39, 0.29) is 24.7 Å². The minimum absolute atomic E-state index is 0.102. The zero-order valence-electron chi connectivity index (χ0n) is 19.3. The molecule has 0 saturated carbocycles. The standard InChI is InChI=1S/C21H37N5O7/c1-12(2)17(23)20(31)26-11-5-7-15(26)19(30)24-13(6-3-4-10-22)18(29)25-14(21(32)33)8-9-16(27)28/h12-15,17H,3-11,22-23H2,1-2H3,(H,24,30)(H,25,29)(H,27,28)(H,32,33). The molecule has 1 heterocycles. The molecule has 12 heteroatoms. The number of likely N-dealkylation sites (tertiary alicyclic amines) is 1. The minimum atomic E-state index is -1.41. The Kier molecular flexibility index (Phi) is 11.8. The lowest BCUT2D eigenvalue weighted by Gasteiger charge is -2.29. The predicted molar refractivity (Wildman–Crippen MR) is 119 cm³/mol. The van der Waals surface area contributed by atoms with Gasteiger partial charge in [0.15, 0.2) is 0 Å². The molecule has 8 N–H and O–H groups in total. The van der Waals surface area contributed by atoms with E-state index in [1.54, 1.807) is 0 Å². The molecule has 188 valence electrons. The summed E-state index contributed by atoms with van der Waals surface area (Å²) in [6.07, 6.45) is 1.64. The third-order valence-corrected chi connectivity index (χ3v) is 5.68. The van der Waals surface area contributed by atoms with Crippen molar-refractivity contribution in [1.29, 1.82) is 0 Å². The van der Waals surface area contributed by atoms with Crippen molar-refractivity contribution in [3.63, 3.8) is 0 Å². The van der Waals surface area contributed by atoms with Crippen LogP contribution < -0.4 is 22.1 Å². The molecule has 0 aromatic carbocycles. The lowest BCUT2D eigenvalue weighted by Crippen LogP contribution is -2.57. The first kappa shape index (κ1) is 28.3. The van der Waals surface area contributed by atoms with E-state index in [2.05, 4.69) is 10.6 Å². The fourth-order valence-electron chi connectivity index (χ4n) is 3.61. The summed E-state index contributed by atoms with van der Waals surface area (Å²) >= 11 is 0. The van der Waals surface area contributed by atoms with Gasteiger partial charge in [-0.2, -0.15) is 0 Å². The summed E-state index contributed by atoms with van der Waals surface area (Å²) in [7, 11) is 0. The number of carboxylic acid groups (broad SMARTS) is 2. The molecule has 4 unspecified atom stereocenters. The zero-order chi connectivity index (χ0) is 25.1. The topological polar surface area (TPSA) is 205 Å². The Balaban J connectivity index is 2.91. The molecule has 0 aromatic heterocycles. The summed E-state index contributed by atoms with van der Waals surface area (Å²) < 4.78 is 0. The largest absolute Gasteiger partial charge is 0.481 e. The monoisotopic (exact) mass is 471 g/mol. The highest BCUT2D eigenvalue weighted by Crippen LogP contribution is 2.20. The molecule has 4 atom stereocenters. The molecule has 1 rings (SSSR count). The van der Waals surface area contributed by atoms with Crippen LogP contribution in [0.25, 0.3) is 0 Å². The van der Waals surface area contributed by atoms with Crippen LogP contribution in [-0.4, -0.2) is 82.0 Å². The Morgan fingerprint density at radius 1 is 1.03 bits per heavy atom. The SMILES string of the molecule is CC(C)C(N)C(=O)N1CCCC1C(=O)NC(CCCCN)C(=O)NC(CCC(=O)O)C(=O)O. The number of hydrogen-bond donors (Lipinski definition) is 6. The van der Waals surface area contributed by atoms with E-state index >= 15 is 0 Å². The Bertz CT molecular complexity index is 715. The van der Waals surface area contributed by atoms with Crippen molar-refractivity contribution in [1.82, 2.24) is 15.5 Å². The number of carboxylic acids is 2. The second kappa shape index (κ2) is 13.7. The molecule has 1 fully saturated rings. The van der Waals surface area contributed by atoms with Gasteiger partial charge >= 0.3 is 11.9 Å². The third-order valence-electron chi connectivity index (χ3n) is 5.68. The third kappa shape index (κ3) is 8.97. The summed E-state index contributed by atoms with van der Waals surface area (Å²) in [6.45, 7) is 4.40. The van der Waals surface area contributed by atoms with Gasteiger partial charge in [-0.15, -0.1) is 0 Å². The summed E-state index contributed by atoms with van der Waals surface area (Å²) in [5.74, 6) is -4.22. The second-order valence-corrected chi connectivity index (χ2v) is 8.64. The number of carbonyl (C=O) groups is 5. The van der Waals surface area contributed by atoms with Gasteiger partial charge in [-0.1, -0.05) is 13.8 Å². The highest BCUT2D eigenvalue weighted by molar-refractivity contribution is 5.94. The number of hydrogen-bond acceptors (Lipinski definition) is 7.